The molecule has 19 heavy (non-hydrogen) atoms. The van der Waals surface area contributed by atoms with E-state index < -0.39 is 5.91 Å². The Morgan fingerprint density at radius 3 is 2.32 bits per heavy atom. The van der Waals surface area contributed by atoms with Gasteiger partial charge in [-0.25, -0.2) is 9.36 Å². The summed E-state index contributed by atoms with van der Waals surface area (Å²) in [6.07, 6.45) is 6.42. The molecule has 0 spiro atoms. The third kappa shape index (κ3) is 1.95. The van der Waals surface area contributed by atoms with E-state index in [-0.39, 0.29) is 0 Å². The molecule has 94 valence electrons. The summed E-state index contributed by atoms with van der Waals surface area (Å²) in [5, 5.41) is 15.2. The number of carbonyl (C=O) groups excluding carboxylic acids is 1. The highest BCUT2D eigenvalue weighted by Crippen LogP contribution is 2.17. The predicted octanol–water partition coefficient (Wildman–Crippen LogP) is -0.0531. The van der Waals surface area contributed by atoms with Crippen molar-refractivity contribution in [3.63, 3.8) is 0 Å². The van der Waals surface area contributed by atoms with E-state index in [1.807, 2.05) is 0 Å². The second-order valence-corrected chi connectivity index (χ2v) is 3.76. The zero-order chi connectivity index (χ0) is 13.2. The molecular formula is C11H9N7O. The molecule has 1 amide bonds. The van der Waals surface area contributed by atoms with Crippen molar-refractivity contribution in [2.24, 2.45) is 5.73 Å². The number of aromatic nitrogens is 6. The largest absolute Gasteiger partial charge is 0.366 e. The Morgan fingerprint density at radius 2 is 1.74 bits per heavy atom. The maximum absolute atomic E-state index is 11.4. The van der Waals surface area contributed by atoms with Crippen molar-refractivity contribution in [2.75, 3.05) is 0 Å². The summed E-state index contributed by atoms with van der Waals surface area (Å²) in [4.78, 5) is 11.4. The van der Waals surface area contributed by atoms with Gasteiger partial charge in [-0.2, -0.15) is 0 Å². The summed E-state index contributed by atoms with van der Waals surface area (Å²) >= 11 is 0. The number of amides is 1. The van der Waals surface area contributed by atoms with Crippen LogP contribution in [0.25, 0.3) is 11.4 Å². The maximum Gasteiger partial charge on any atom is 0.250 e. The minimum atomic E-state index is -0.532. The van der Waals surface area contributed by atoms with Crippen LogP contribution in [0.1, 0.15) is 10.4 Å². The molecule has 3 aromatic rings. The number of primary amides is 1. The van der Waals surface area contributed by atoms with Gasteiger partial charge in [0.05, 0.1) is 41.7 Å². The van der Waals surface area contributed by atoms with E-state index in [0.29, 0.717) is 11.3 Å². The number of hydrogen-bond donors (Lipinski definition) is 1. The molecule has 0 unspecified atom stereocenters. The van der Waals surface area contributed by atoms with Gasteiger partial charge >= 0.3 is 0 Å². The van der Waals surface area contributed by atoms with E-state index >= 15 is 0 Å². The van der Waals surface area contributed by atoms with Gasteiger partial charge in [0.25, 0.3) is 5.91 Å². The first-order valence-electron chi connectivity index (χ1n) is 5.43. The van der Waals surface area contributed by atoms with Crippen LogP contribution in [-0.2, 0) is 0 Å². The van der Waals surface area contributed by atoms with Crippen LogP contribution in [0.2, 0.25) is 0 Å². The lowest BCUT2D eigenvalue weighted by molar-refractivity contribution is 0.1000. The number of benzene rings is 1. The van der Waals surface area contributed by atoms with Crippen LogP contribution in [-0.4, -0.2) is 35.9 Å². The highest BCUT2D eigenvalue weighted by molar-refractivity contribution is 5.96. The van der Waals surface area contributed by atoms with Gasteiger partial charge in [0.1, 0.15) is 0 Å². The zero-order valence-corrected chi connectivity index (χ0v) is 9.71. The van der Waals surface area contributed by atoms with Crippen molar-refractivity contribution in [3.05, 3.63) is 48.5 Å². The highest BCUT2D eigenvalue weighted by atomic mass is 16.1. The monoisotopic (exact) mass is 255 g/mol. The van der Waals surface area contributed by atoms with Crippen LogP contribution >= 0.6 is 0 Å². The van der Waals surface area contributed by atoms with Crippen molar-refractivity contribution < 1.29 is 4.79 Å². The first kappa shape index (κ1) is 11.1. The average molecular weight is 255 g/mol. The topological polar surface area (TPSA) is 105 Å². The summed E-state index contributed by atoms with van der Waals surface area (Å²) in [5.41, 5.74) is 6.99. The maximum atomic E-state index is 11.4. The molecule has 8 nitrogen and oxygen atoms in total. The van der Waals surface area contributed by atoms with Crippen molar-refractivity contribution in [1.29, 1.82) is 0 Å². The van der Waals surface area contributed by atoms with Gasteiger partial charge < -0.3 is 5.73 Å². The van der Waals surface area contributed by atoms with Gasteiger partial charge in [-0.3, -0.25) is 4.79 Å². The molecule has 0 atom stereocenters. The molecule has 0 radical (unpaired) electrons. The molecule has 0 aliphatic rings. The fourth-order valence-electron chi connectivity index (χ4n) is 1.74. The molecule has 1 aromatic carbocycles. The molecule has 0 fully saturated rings. The Bertz CT molecular complexity index is 703. The second kappa shape index (κ2) is 4.33. The second-order valence-electron chi connectivity index (χ2n) is 3.76. The van der Waals surface area contributed by atoms with E-state index in [4.69, 9.17) is 5.73 Å². The number of hydrogen-bond acceptors (Lipinski definition) is 5. The molecule has 0 saturated carbocycles. The first-order chi connectivity index (χ1) is 9.25. The minimum Gasteiger partial charge on any atom is -0.366 e. The van der Waals surface area contributed by atoms with Crippen LogP contribution in [0.3, 0.4) is 0 Å². The summed E-state index contributed by atoms with van der Waals surface area (Å²) in [6, 6.07) is 5.09. The minimum absolute atomic E-state index is 0.356. The lowest BCUT2D eigenvalue weighted by atomic mass is 10.1. The van der Waals surface area contributed by atoms with Gasteiger partial charge in [-0.1, -0.05) is 10.4 Å². The molecule has 8 heteroatoms. The summed E-state index contributed by atoms with van der Waals surface area (Å²) in [7, 11) is 0. The molecule has 0 aliphatic carbocycles. The zero-order valence-electron chi connectivity index (χ0n) is 9.71. The average Bonchev–Trinajstić information content (AvgIpc) is 3.11. The Morgan fingerprint density at radius 1 is 1.05 bits per heavy atom. The molecule has 0 saturated heterocycles. The van der Waals surface area contributed by atoms with Gasteiger partial charge in [0.15, 0.2) is 0 Å². The molecule has 2 N–H and O–H groups in total. The number of nitrogens with two attached hydrogens (primary N) is 1. The van der Waals surface area contributed by atoms with Crippen LogP contribution in [0.15, 0.2) is 43.0 Å². The first-order valence-corrected chi connectivity index (χ1v) is 5.43. The number of rotatable bonds is 3. The Kier molecular flexibility index (Phi) is 2.53. The molecule has 3 rings (SSSR count). The van der Waals surface area contributed by atoms with E-state index in [9.17, 15) is 4.79 Å². The molecule has 0 aliphatic heterocycles. The van der Waals surface area contributed by atoms with Crippen molar-refractivity contribution in [1.82, 2.24) is 30.0 Å². The van der Waals surface area contributed by atoms with Gasteiger partial charge in [0.2, 0.25) is 0 Å². The van der Waals surface area contributed by atoms with Crippen LogP contribution in [0, 0.1) is 0 Å². The predicted molar refractivity (Wildman–Crippen MR) is 64.8 cm³/mol. The third-order valence-corrected chi connectivity index (χ3v) is 2.60. The van der Waals surface area contributed by atoms with Gasteiger partial charge in [0, 0.05) is 0 Å². The highest BCUT2D eigenvalue weighted by Gasteiger charge is 2.12. The lowest BCUT2D eigenvalue weighted by Gasteiger charge is -2.08. The smallest absolute Gasteiger partial charge is 0.250 e. The van der Waals surface area contributed by atoms with Gasteiger partial charge in [-0.15, -0.1) is 10.2 Å². The Labute approximate surface area is 107 Å². The fraction of sp³-hybridized carbons (Fsp3) is 0. The number of nitrogens with zero attached hydrogens (tertiary/aromatic N) is 6. The number of carbonyl (C=O) groups is 1. The SMILES string of the molecule is NC(=O)c1ccc(-n2ccnn2)cc1-n1ccnn1. The Balaban J connectivity index is 2.18. The molecule has 2 aromatic heterocycles. The molecule has 0 bridgehead atoms. The van der Waals surface area contributed by atoms with Crippen molar-refractivity contribution in [3.8, 4) is 11.4 Å². The van der Waals surface area contributed by atoms with E-state index in [1.165, 1.54) is 10.9 Å². The summed E-state index contributed by atoms with van der Waals surface area (Å²) < 4.78 is 3.05. The van der Waals surface area contributed by atoms with E-state index in [2.05, 4.69) is 20.6 Å². The lowest BCUT2D eigenvalue weighted by Crippen LogP contribution is -2.15. The summed E-state index contributed by atoms with van der Waals surface area (Å²) in [5.74, 6) is -0.532. The molecular weight excluding hydrogens is 246 g/mol. The quantitative estimate of drug-likeness (QED) is 0.706. The van der Waals surface area contributed by atoms with Gasteiger partial charge in [-0.05, 0) is 18.2 Å². The van der Waals surface area contributed by atoms with Crippen LogP contribution < -0.4 is 5.73 Å². The Hall–Kier alpha value is -3.03. The fourth-order valence-corrected chi connectivity index (χ4v) is 1.74. The molecule has 2 heterocycles. The van der Waals surface area contributed by atoms with Crippen LogP contribution in [0.4, 0.5) is 0 Å². The van der Waals surface area contributed by atoms with Crippen LogP contribution in [0.5, 0.6) is 0 Å². The summed E-state index contributed by atoms with van der Waals surface area (Å²) in [6.45, 7) is 0. The third-order valence-electron chi connectivity index (χ3n) is 2.60. The van der Waals surface area contributed by atoms with E-state index in [0.717, 1.165) is 5.69 Å². The normalized spacial score (nSPS) is 10.5. The van der Waals surface area contributed by atoms with Crippen molar-refractivity contribution >= 4 is 5.91 Å². The van der Waals surface area contributed by atoms with E-state index in [1.54, 1.807) is 41.5 Å². The standard InChI is InChI=1S/C11H9N7O/c12-11(19)9-2-1-8(17-5-3-13-15-17)7-10(9)18-6-4-14-16-18/h1-7H,(H2,12,19). The van der Waals surface area contributed by atoms with Crippen molar-refractivity contribution in [2.45, 2.75) is 0 Å².